The molecular formula is C10H16N4O3. The largest absolute Gasteiger partial charge is 0.480 e. The third-order valence-electron chi connectivity index (χ3n) is 2.91. The highest BCUT2D eigenvalue weighted by Crippen LogP contribution is 2.20. The number of H-pyrrole nitrogens is 1. The van der Waals surface area contributed by atoms with E-state index in [1.54, 1.807) is 6.92 Å². The van der Waals surface area contributed by atoms with Crippen LogP contribution in [0.25, 0.3) is 0 Å². The van der Waals surface area contributed by atoms with Gasteiger partial charge in [-0.2, -0.15) is 5.10 Å². The number of aromatic nitrogens is 3. The van der Waals surface area contributed by atoms with Crippen molar-refractivity contribution in [3.05, 3.63) is 11.6 Å². The zero-order valence-corrected chi connectivity index (χ0v) is 9.88. The Kier molecular flexibility index (Phi) is 3.39. The number of hydrogen-bond acceptors (Lipinski definition) is 5. The number of hydrogen-bond donors (Lipinski definition) is 2. The first kappa shape index (κ1) is 12.0. The summed E-state index contributed by atoms with van der Waals surface area (Å²) in [6.45, 7) is 5.11. The van der Waals surface area contributed by atoms with E-state index in [1.165, 1.54) is 0 Å². The first-order chi connectivity index (χ1) is 8.08. The number of aliphatic carboxylic acids is 1. The Hall–Kier alpha value is -1.47. The van der Waals surface area contributed by atoms with Crippen molar-refractivity contribution in [2.75, 3.05) is 19.7 Å². The lowest BCUT2D eigenvalue weighted by atomic mass is 10.2. The third kappa shape index (κ3) is 2.62. The molecule has 2 atom stereocenters. The number of morpholine rings is 1. The summed E-state index contributed by atoms with van der Waals surface area (Å²) in [4.78, 5) is 17.0. The van der Waals surface area contributed by atoms with Crippen LogP contribution < -0.4 is 0 Å². The van der Waals surface area contributed by atoms with Crippen molar-refractivity contribution in [1.29, 1.82) is 0 Å². The van der Waals surface area contributed by atoms with Crippen LogP contribution in [0.1, 0.15) is 24.7 Å². The van der Waals surface area contributed by atoms with E-state index >= 15 is 0 Å². The summed E-state index contributed by atoms with van der Waals surface area (Å²) in [5.74, 6) is 0.494. The lowest BCUT2D eigenvalue weighted by Crippen LogP contribution is -2.47. The van der Waals surface area contributed by atoms with Crippen LogP contribution in [0, 0.1) is 6.92 Å². The molecule has 1 aromatic heterocycles. The molecule has 0 aliphatic carbocycles. The first-order valence-corrected chi connectivity index (χ1v) is 5.55. The number of carboxylic acid groups (broad SMARTS) is 1. The summed E-state index contributed by atoms with van der Waals surface area (Å²) in [5.41, 5.74) is 0. The standard InChI is InChI=1S/C10H16N4O3/c1-6(10(15)16)14-3-4-17-8(5-14)9-11-7(2)12-13-9/h6,8H,3-5H2,1-2H3,(H,15,16)(H,11,12,13)/t6-,8-/m1/s1. The number of aryl methyl sites for hydroxylation is 1. The van der Waals surface area contributed by atoms with Gasteiger partial charge >= 0.3 is 5.97 Å². The van der Waals surface area contributed by atoms with Crippen molar-refractivity contribution in [3.63, 3.8) is 0 Å². The van der Waals surface area contributed by atoms with Crippen LogP contribution in [0.2, 0.25) is 0 Å². The Morgan fingerprint density at radius 2 is 2.47 bits per heavy atom. The zero-order chi connectivity index (χ0) is 12.4. The number of carboxylic acids is 1. The highest BCUT2D eigenvalue weighted by atomic mass is 16.5. The quantitative estimate of drug-likeness (QED) is 0.770. The normalized spacial score (nSPS) is 23.5. The lowest BCUT2D eigenvalue weighted by Gasteiger charge is -2.33. The van der Waals surface area contributed by atoms with Crippen LogP contribution in [-0.4, -0.2) is 56.9 Å². The fourth-order valence-corrected chi connectivity index (χ4v) is 1.84. The van der Waals surface area contributed by atoms with Crippen molar-refractivity contribution in [3.8, 4) is 0 Å². The summed E-state index contributed by atoms with van der Waals surface area (Å²) in [6, 6.07) is -0.513. The second-order valence-corrected chi connectivity index (χ2v) is 4.15. The molecule has 17 heavy (non-hydrogen) atoms. The molecule has 0 saturated carbocycles. The van der Waals surface area contributed by atoms with Gasteiger partial charge in [-0.3, -0.25) is 14.8 Å². The van der Waals surface area contributed by atoms with Gasteiger partial charge in [-0.05, 0) is 13.8 Å². The maximum Gasteiger partial charge on any atom is 0.320 e. The number of rotatable bonds is 3. The predicted octanol–water partition coefficient (Wildman–Crippen LogP) is -0.0405. The van der Waals surface area contributed by atoms with Gasteiger partial charge in [-0.15, -0.1) is 0 Å². The Bertz CT molecular complexity index is 406. The van der Waals surface area contributed by atoms with Gasteiger partial charge in [0, 0.05) is 13.1 Å². The minimum Gasteiger partial charge on any atom is -0.480 e. The molecule has 0 unspecified atom stereocenters. The number of aromatic amines is 1. The molecule has 7 nitrogen and oxygen atoms in total. The monoisotopic (exact) mass is 240 g/mol. The Labute approximate surface area is 98.8 Å². The molecule has 1 saturated heterocycles. The van der Waals surface area contributed by atoms with E-state index in [1.807, 2.05) is 11.8 Å². The number of nitrogens with one attached hydrogen (secondary N) is 1. The highest BCUT2D eigenvalue weighted by molar-refractivity contribution is 5.72. The number of ether oxygens (including phenoxy) is 1. The van der Waals surface area contributed by atoms with Gasteiger partial charge < -0.3 is 9.84 Å². The highest BCUT2D eigenvalue weighted by Gasteiger charge is 2.30. The molecule has 7 heteroatoms. The Balaban J connectivity index is 2.04. The number of carbonyl (C=O) groups is 1. The molecule has 2 heterocycles. The van der Waals surface area contributed by atoms with Crippen molar-refractivity contribution in [1.82, 2.24) is 20.1 Å². The minimum atomic E-state index is -0.822. The van der Waals surface area contributed by atoms with Gasteiger partial charge in [0.2, 0.25) is 0 Å². The molecule has 1 aromatic rings. The fraction of sp³-hybridized carbons (Fsp3) is 0.700. The van der Waals surface area contributed by atoms with Crippen LogP contribution in [-0.2, 0) is 9.53 Å². The number of nitrogens with zero attached hydrogens (tertiary/aromatic N) is 3. The second-order valence-electron chi connectivity index (χ2n) is 4.15. The molecule has 0 radical (unpaired) electrons. The molecular weight excluding hydrogens is 224 g/mol. The molecule has 2 rings (SSSR count). The summed E-state index contributed by atoms with van der Waals surface area (Å²) >= 11 is 0. The van der Waals surface area contributed by atoms with Crippen molar-refractivity contribution < 1.29 is 14.6 Å². The maximum atomic E-state index is 10.9. The molecule has 0 amide bonds. The second kappa shape index (κ2) is 4.80. The molecule has 1 fully saturated rings. The SMILES string of the molecule is Cc1nc([C@H]2CN([C@H](C)C(=O)O)CCO2)n[nH]1. The van der Waals surface area contributed by atoms with E-state index in [0.29, 0.717) is 25.5 Å². The minimum absolute atomic E-state index is 0.254. The van der Waals surface area contributed by atoms with E-state index in [2.05, 4.69) is 15.2 Å². The summed E-state index contributed by atoms with van der Waals surface area (Å²) in [5, 5.41) is 15.8. The van der Waals surface area contributed by atoms with Gasteiger partial charge in [-0.1, -0.05) is 0 Å². The molecule has 0 bridgehead atoms. The average Bonchev–Trinajstić information content (AvgIpc) is 2.75. The van der Waals surface area contributed by atoms with Gasteiger partial charge in [-0.25, -0.2) is 4.98 Å². The molecule has 0 aromatic carbocycles. The van der Waals surface area contributed by atoms with Gasteiger partial charge in [0.25, 0.3) is 0 Å². The van der Waals surface area contributed by atoms with Gasteiger partial charge in [0.1, 0.15) is 18.0 Å². The van der Waals surface area contributed by atoms with Crippen LogP contribution in [0.4, 0.5) is 0 Å². The fourth-order valence-electron chi connectivity index (χ4n) is 1.84. The Morgan fingerprint density at radius 3 is 3.06 bits per heavy atom. The van der Waals surface area contributed by atoms with Crippen molar-refractivity contribution in [2.24, 2.45) is 0 Å². The van der Waals surface area contributed by atoms with Gasteiger partial charge in [0.15, 0.2) is 5.82 Å². The van der Waals surface area contributed by atoms with Crippen molar-refractivity contribution in [2.45, 2.75) is 26.0 Å². The topological polar surface area (TPSA) is 91.3 Å². The van der Waals surface area contributed by atoms with Crippen LogP contribution in [0.5, 0.6) is 0 Å². The molecule has 94 valence electrons. The molecule has 1 aliphatic rings. The molecule has 1 aliphatic heterocycles. The van der Waals surface area contributed by atoms with Crippen LogP contribution in [0.15, 0.2) is 0 Å². The van der Waals surface area contributed by atoms with E-state index in [-0.39, 0.29) is 6.10 Å². The summed E-state index contributed by atoms with van der Waals surface area (Å²) < 4.78 is 5.56. The van der Waals surface area contributed by atoms with Crippen LogP contribution in [0.3, 0.4) is 0 Å². The maximum absolute atomic E-state index is 10.9. The third-order valence-corrected chi connectivity index (χ3v) is 2.91. The summed E-state index contributed by atoms with van der Waals surface area (Å²) in [7, 11) is 0. The van der Waals surface area contributed by atoms with Gasteiger partial charge in [0.05, 0.1) is 6.61 Å². The van der Waals surface area contributed by atoms with E-state index in [9.17, 15) is 4.79 Å². The Morgan fingerprint density at radius 1 is 1.71 bits per heavy atom. The van der Waals surface area contributed by atoms with E-state index in [4.69, 9.17) is 9.84 Å². The zero-order valence-electron chi connectivity index (χ0n) is 9.88. The smallest absolute Gasteiger partial charge is 0.320 e. The predicted molar refractivity (Wildman–Crippen MR) is 58.5 cm³/mol. The first-order valence-electron chi connectivity index (χ1n) is 5.55. The van der Waals surface area contributed by atoms with Crippen LogP contribution >= 0.6 is 0 Å². The van der Waals surface area contributed by atoms with Crippen molar-refractivity contribution >= 4 is 5.97 Å². The lowest BCUT2D eigenvalue weighted by molar-refractivity contribution is -0.146. The average molecular weight is 240 g/mol. The summed E-state index contributed by atoms with van der Waals surface area (Å²) in [6.07, 6.45) is -0.254. The van der Waals surface area contributed by atoms with E-state index < -0.39 is 12.0 Å². The van der Waals surface area contributed by atoms with E-state index in [0.717, 1.165) is 5.82 Å². The molecule has 2 N–H and O–H groups in total. The molecule has 0 spiro atoms.